The molecule has 19 heavy (non-hydrogen) atoms. The molecule has 0 aliphatic carbocycles. The number of anilines is 1. The standard InChI is InChI=1S/C14H20N2O2S/c1-10(13-4-3-9-18-13)15-14(17)16-11-5-7-12(19-2)8-6-11/h5-8,10,13H,3-4,9H2,1-2H3,(H2,15,16,17)/t10-,13-/m0/s1. The lowest BCUT2D eigenvalue weighted by Gasteiger charge is -2.20. The highest BCUT2D eigenvalue weighted by Crippen LogP contribution is 2.18. The van der Waals surface area contributed by atoms with Gasteiger partial charge in [0.05, 0.1) is 12.1 Å². The number of benzene rings is 1. The van der Waals surface area contributed by atoms with Gasteiger partial charge in [-0.3, -0.25) is 0 Å². The number of urea groups is 1. The Kier molecular flexibility index (Phi) is 5.10. The van der Waals surface area contributed by atoms with Crippen LogP contribution in [0.5, 0.6) is 0 Å². The van der Waals surface area contributed by atoms with Crippen LogP contribution in [0, 0.1) is 0 Å². The van der Waals surface area contributed by atoms with Gasteiger partial charge in [-0.25, -0.2) is 4.79 Å². The van der Waals surface area contributed by atoms with Crippen molar-refractivity contribution in [1.82, 2.24) is 5.32 Å². The molecule has 1 heterocycles. The van der Waals surface area contributed by atoms with Crippen LogP contribution < -0.4 is 10.6 Å². The molecule has 0 radical (unpaired) electrons. The van der Waals surface area contributed by atoms with E-state index < -0.39 is 0 Å². The Morgan fingerprint density at radius 3 is 2.74 bits per heavy atom. The second-order valence-corrected chi connectivity index (χ2v) is 5.55. The van der Waals surface area contributed by atoms with Gasteiger partial charge in [-0.05, 0) is 50.3 Å². The molecule has 1 aliphatic rings. The Bertz CT molecular complexity index is 416. The van der Waals surface area contributed by atoms with E-state index >= 15 is 0 Å². The summed E-state index contributed by atoms with van der Waals surface area (Å²) < 4.78 is 5.55. The number of hydrogen-bond acceptors (Lipinski definition) is 3. The molecule has 2 amide bonds. The second-order valence-electron chi connectivity index (χ2n) is 4.67. The number of thioether (sulfide) groups is 1. The molecule has 5 heteroatoms. The molecule has 0 unspecified atom stereocenters. The van der Waals surface area contributed by atoms with Crippen molar-refractivity contribution in [2.45, 2.75) is 36.8 Å². The summed E-state index contributed by atoms with van der Waals surface area (Å²) in [5.41, 5.74) is 0.801. The van der Waals surface area contributed by atoms with Crippen molar-refractivity contribution in [3.8, 4) is 0 Å². The van der Waals surface area contributed by atoms with Crippen LogP contribution in [0.1, 0.15) is 19.8 Å². The van der Waals surface area contributed by atoms with Crippen LogP contribution in [-0.4, -0.2) is 31.0 Å². The predicted molar refractivity (Wildman–Crippen MR) is 78.8 cm³/mol. The third-order valence-corrected chi connectivity index (χ3v) is 3.97. The van der Waals surface area contributed by atoms with E-state index in [2.05, 4.69) is 10.6 Å². The first kappa shape index (κ1) is 14.2. The van der Waals surface area contributed by atoms with Gasteiger partial charge in [-0.1, -0.05) is 0 Å². The second kappa shape index (κ2) is 6.82. The lowest BCUT2D eigenvalue weighted by molar-refractivity contribution is 0.0868. The molecular formula is C14H20N2O2S. The predicted octanol–water partition coefficient (Wildman–Crippen LogP) is 3.10. The van der Waals surface area contributed by atoms with Crippen LogP contribution >= 0.6 is 11.8 Å². The SMILES string of the molecule is CSc1ccc(NC(=O)N[C@@H](C)[C@@H]2CCCO2)cc1. The highest BCUT2D eigenvalue weighted by molar-refractivity contribution is 7.98. The highest BCUT2D eigenvalue weighted by atomic mass is 32.2. The minimum Gasteiger partial charge on any atom is -0.376 e. The van der Waals surface area contributed by atoms with Crippen molar-refractivity contribution >= 4 is 23.5 Å². The van der Waals surface area contributed by atoms with E-state index in [1.54, 1.807) is 11.8 Å². The van der Waals surface area contributed by atoms with E-state index in [4.69, 9.17) is 4.74 Å². The molecule has 104 valence electrons. The van der Waals surface area contributed by atoms with Crippen LogP contribution in [0.25, 0.3) is 0 Å². The topological polar surface area (TPSA) is 50.4 Å². The minimum absolute atomic E-state index is 0.0352. The van der Waals surface area contributed by atoms with Gasteiger partial charge in [0, 0.05) is 17.2 Å². The maximum absolute atomic E-state index is 11.9. The summed E-state index contributed by atoms with van der Waals surface area (Å²) in [6, 6.07) is 7.64. The van der Waals surface area contributed by atoms with Crippen LogP contribution in [0.4, 0.5) is 10.5 Å². The summed E-state index contributed by atoms with van der Waals surface area (Å²) in [6.07, 6.45) is 4.26. The molecule has 2 atom stereocenters. The average Bonchev–Trinajstić information content (AvgIpc) is 2.93. The fourth-order valence-corrected chi connectivity index (χ4v) is 2.55. The van der Waals surface area contributed by atoms with Crippen LogP contribution in [0.2, 0.25) is 0 Å². The van der Waals surface area contributed by atoms with Crippen molar-refractivity contribution in [1.29, 1.82) is 0 Å². The third kappa shape index (κ3) is 4.14. The molecule has 4 nitrogen and oxygen atoms in total. The summed E-state index contributed by atoms with van der Waals surface area (Å²) in [5, 5.41) is 5.75. The first-order valence-electron chi connectivity index (χ1n) is 6.52. The molecule has 0 aromatic heterocycles. The third-order valence-electron chi connectivity index (χ3n) is 3.23. The van der Waals surface area contributed by atoms with Gasteiger partial charge in [-0.15, -0.1) is 11.8 Å². The normalized spacial score (nSPS) is 20.0. The van der Waals surface area contributed by atoms with Crippen LogP contribution in [-0.2, 0) is 4.74 Å². The number of hydrogen-bond donors (Lipinski definition) is 2. The largest absolute Gasteiger partial charge is 0.376 e. The fourth-order valence-electron chi connectivity index (χ4n) is 2.14. The number of amides is 2. The summed E-state index contributed by atoms with van der Waals surface area (Å²) in [5.74, 6) is 0. The molecule has 1 aliphatic heterocycles. The number of ether oxygens (including phenoxy) is 1. The molecule has 2 rings (SSSR count). The highest BCUT2D eigenvalue weighted by Gasteiger charge is 2.23. The molecular weight excluding hydrogens is 260 g/mol. The van der Waals surface area contributed by atoms with Gasteiger partial charge < -0.3 is 15.4 Å². The van der Waals surface area contributed by atoms with Crippen molar-refractivity contribution < 1.29 is 9.53 Å². The molecule has 2 N–H and O–H groups in total. The number of carbonyl (C=O) groups excluding carboxylic acids is 1. The molecule has 1 aromatic carbocycles. The minimum atomic E-state index is -0.181. The van der Waals surface area contributed by atoms with Gasteiger partial charge in [0.2, 0.25) is 0 Å². The smallest absolute Gasteiger partial charge is 0.319 e. The Morgan fingerprint density at radius 1 is 1.42 bits per heavy atom. The lowest BCUT2D eigenvalue weighted by atomic mass is 10.1. The molecule has 1 aromatic rings. The quantitative estimate of drug-likeness (QED) is 0.833. The van der Waals surface area contributed by atoms with E-state index in [0.29, 0.717) is 0 Å². The average molecular weight is 280 g/mol. The molecule has 0 saturated carbocycles. The Labute approximate surface area is 118 Å². The van der Waals surface area contributed by atoms with Crippen LogP contribution in [0.3, 0.4) is 0 Å². The summed E-state index contributed by atoms with van der Waals surface area (Å²) in [4.78, 5) is 13.0. The van der Waals surface area contributed by atoms with E-state index in [1.807, 2.05) is 37.4 Å². The zero-order chi connectivity index (χ0) is 13.7. The summed E-state index contributed by atoms with van der Waals surface area (Å²) in [6.45, 7) is 2.78. The molecule has 0 spiro atoms. The maximum atomic E-state index is 11.9. The Balaban J connectivity index is 1.82. The summed E-state index contributed by atoms with van der Waals surface area (Å²) >= 11 is 1.68. The monoisotopic (exact) mass is 280 g/mol. The van der Waals surface area contributed by atoms with E-state index in [9.17, 15) is 4.79 Å². The fraction of sp³-hybridized carbons (Fsp3) is 0.500. The van der Waals surface area contributed by atoms with Gasteiger partial charge in [-0.2, -0.15) is 0 Å². The first-order valence-corrected chi connectivity index (χ1v) is 7.74. The van der Waals surface area contributed by atoms with Crippen molar-refractivity contribution in [3.63, 3.8) is 0 Å². The lowest BCUT2D eigenvalue weighted by Crippen LogP contribution is -2.42. The first-order chi connectivity index (χ1) is 9.19. The van der Waals surface area contributed by atoms with Gasteiger partial charge in [0.25, 0.3) is 0 Å². The summed E-state index contributed by atoms with van der Waals surface area (Å²) in [7, 11) is 0. The number of rotatable bonds is 4. The van der Waals surface area contributed by atoms with Gasteiger partial charge >= 0.3 is 6.03 Å². The zero-order valence-corrected chi connectivity index (χ0v) is 12.1. The maximum Gasteiger partial charge on any atom is 0.319 e. The molecule has 1 saturated heterocycles. The molecule has 0 bridgehead atoms. The van der Waals surface area contributed by atoms with Crippen LogP contribution in [0.15, 0.2) is 29.2 Å². The molecule has 1 fully saturated rings. The van der Waals surface area contributed by atoms with E-state index in [1.165, 1.54) is 4.90 Å². The van der Waals surface area contributed by atoms with Crippen molar-refractivity contribution in [2.75, 3.05) is 18.2 Å². The Morgan fingerprint density at radius 2 is 2.16 bits per heavy atom. The van der Waals surface area contributed by atoms with Gasteiger partial charge in [0.1, 0.15) is 0 Å². The Hall–Kier alpha value is -1.20. The van der Waals surface area contributed by atoms with Crippen molar-refractivity contribution in [3.05, 3.63) is 24.3 Å². The number of carbonyl (C=O) groups is 1. The number of nitrogens with one attached hydrogen (secondary N) is 2. The van der Waals surface area contributed by atoms with Crippen molar-refractivity contribution in [2.24, 2.45) is 0 Å². The van der Waals surface area contributed by atoms with Gasteiger partial charge in [0.15, 0.2) is 0 Å². The zero-order valence-electron chi connectivity index (χ0n) is 11.3. The van der Waals surface area contributed by atoms with E-state index in [0.717, 1.165) is 25.1 Å². The van der Waals surface area contributed by atoms with E-state index in [-0.39, 0.29) is 18.2 Å².